The van der Waals surface area contributed by atoms with Gasteiger partial charge in [-0.3, -0.25) is 4.79 Å². The zero-order valence-electron chi connectivity index (χ0n) is 7.34. The lowest BCUT2D eigenvalue weighted by Gasteiger charge is -2.06. The van der Waals surface area contributed by atoms with Gasteiger partial charge in [0.05, 0.1) is 5.92 Å². The molecule has 0 amide bonds. The first-order valence-electron chi connectivity index (χ1n) is 4.04. The number of hydrogen-bond donors (Lipinski definition) is 2. The van der Waals surface area contributed by atoms with Crippen LogP contribution in [0.3, 0.4) is 0 Å². The monoisotopic (exact) mass is 169 g/mol. The van der Waals surface area contributed by atoms with Crippen molar-refractivity contribution in [2.24, 2.45) is 11.7 Å². The second-order valence-corrected chi connectivity index (χ2v) is 2.60. The molecule has 1 unspecified atom stereocenters. The Balaban J connectivity index is 3.83. The Kier molecular flexibility index (Phi) is 6.12. The zero-order valence-corrected chi connectivity index (χ0v) is 7.34. The van der Waals surface area contributed by atoms with Gasteiger partial charge in [-0.1, -0.05) is 0 Å². The average molecular weight is 169 g/mol. The van der Waals surface area contributed by atoms with Gasteiger partial charge in [0.15, 0.2) is 0 Å². The molecule has 0 saturated carbocycles. The van der Waals surface area contributed by atoms with Crippen LogP contribution in [0.1, 0.15) is 26.2 Å². The van der Waals surface area contributed by atoms with E-state index in [0.717, 1.165) is 6.42 Å². The first-order valence-corrected chi connectivity index (χ1v) is 4.04. The molecule has 0 aromatic rings. The molecule has 3 N–H and O–H groups in total. The SMILES string of the molecule is CC#CCC(CCCN)C(=O)O. The van der Waals surface area contributed by atoms with Crippen LogP contribution < -0.4 is 5.73 Å². The third-order valence-corrected chi connectivity index (χ3v) is 1.63. The maximum Gasteiger partial charge on any atom is 0.307 e. The molecule has 0 spiro atoms. The predicted molar refractivity (Wildman–Crippen MR) is 47.5 cm³/mol. The van der Waals surface area contributed by atoms with Crippen molar-refractivity contribution in [2.45, 2.75) is 26.2 Å². The Morgan fingerprint density at radius 3 is 2.75 bits per heavy atom. The van der Waals surface area contributed by atoms with Gasteiger partial charge in [-0.15, -0.1) is 11.8 Å². The van der Waals surface area contributed by atoms with Crippen molar-refractivity contribution in [1.82, 2.24) is 0 Å². The molecule has 0 fully saturated rings. The normalized spacial score (nSPS) is 11.5. The summed E-state index contributed by atoms with van der Waals surface area (Å²) in [6, 6.07) is 0. The molecule has 0 bridgehead atoms. The van der Waals surface area contributed by atoms with Crippen molar-refractivity contribution in [3.05, 3.63) is 0 Å². The fourth-order valence-corrected chi connectivity index (χ4v) is 0.902. The summed E-state index contributed by atoms with van der Waals surface area (Å²) in [6.07, 6.45) is 1.81. The maximum absolute atomic E-state index is 10.6. The number of carbonyl (C=O) groups is 1. The van der Waals surface area contributed by atoms with Crippen LogP contribution in [0.15, 0.2) is 0 Å². The molecule has 0 rings (SSSR count). The highest BCUT2D eigenvalue weighted by Gasteiger charge is 2.14. The maximum atomic E-state index is 10.6. The molecular formula is C9H15NO2. The smallest absolute Gasteiger partial charge is 0.307 e. The quantitative estimate of drug-likeness (QED) is 0.599. The van der Waals surface area contributed by atoms with Gasteiger partial charge in [-0.25, -0.2) is 0 Å². The highest BCUT2D eigenvalue weighted by Crippen LogP contribution is 2.09. The van der Waals surface area contributed by atoms with Gasteiger partial charge in [-0.2, -0.15) is 0 Å². The number of rotatable bonds is 5. The molecule has 0 saturated heterocycles. The van der Waals surface area contributed by atoms with Crippen molar-refractivity contribution in [1.29, 1.82) is 0 Å². The second kappa shape index (κ2) is 6.68. The topological polar surface area (TPSA) is 63.3 Å². The molecule has 0 aliphatic rings. The number of carboxylic acids is 1. The number of carboxylic acid groups (broad SMARTS) is 1. The minimum Gasteiger partial charge on any atom is -0.481 e. The summed E-state index contributed by atoms with van der Waals surface area (Å²) in [7, 11) is 0. The lowest BCUT2D eigenvalue weighted by molar-refractivity contribution is -0.141. The molecule has 3 heteroatoms. The Morgan fingerprint density at radius 2 is 2.33 bits per heavy atom. The summed E-state index contributed by atoms with van der Waals surface area (Å²) in [5.41, 5.74) is 5.28. The Morgan fingerprint density at radius 1 is 1.67 bits per heavy atom. The predicted octanol–water partition coefficient (Wildman–Crippen LogP) is 0.840. The van der Waals surface area contributed by atoms with Gasteiger partial charge in [0.2, 0.25) is 0 Å². The van der Waals surface area contributed by atoms with Gasteiger partial charge in [-0.05, 0) is 26.3 Å². The van der Waals surface area contributed by atoms with Gasteiger partial charge in [0.25, 0.3) is 0 Å². The average Bonchev–Trinajstić information content (AvgIpc) is 2.04. The van der Waals surface area contributed by atoms with Crippen LogP contribution in [0.5, 0.6) is 0 Å². The molecular weight excluding hydrogens is 154 g/mol. The van der Waals surface area contributed by atoms with Crippen molar-refractivity contribution in [2.75, 3.05) is 6.54 Å². The second-order valence-electron chi connectivity index (χ2n) is 2.60. The fraction of sp³-hybridized carbons (Fsp3) is 0.667. The van der Waals surface area contributed by atoms with Gasteiger partial charge >= 0.3 is 5.97 Å². The lowest BCUT2D eigenvalue weighted by atomic mass is 10.00. The Labute approximate surface area is 73.0 Å². The van der Waals surface area contributed by atoms with Crippen LogP contribution in [-0.4, -0.2) is 17.6 Å². The molecule has 0 aromatic carbocycles. The molecule has 68 valence electrons. The van der Waals surface area contributed by atoms with E-state index in [1.54, 1.807) is 6.92 Å². The van der Waals surface area contributed by atoms with E-state index in [1.807, 2.05) is 0 Å². The van der Waals surface area contributed by atoms with Crippen LogP contribution >= 0.6 is 0 Å². The van der Waals surface area contributed by atoms with Gasteiger partial charge in [0.1, 0.15) is 0 Å². The van der Waals surface area contributed by atoms with E-state index in [-0.39, 0.29) is 5.92 Å². The summed E-state index contributed by atoms with van der Waals surface area (Å²) >= 11 is 0. The van der Waals surface area contributed by atoms with Crippen molar-refractivity contribution in [3.8, 4) is 11.8 Å². The number of aliphatic carboxylic acids is 1. The first-order chi connectivity index (χ1) is 5.72. The first kappa shape index (κ1) is 11.0. The van der Waals surface area contributed by atoms with E-state index in [2.05, 4.69) is 11.8 Å². The standard InChI is InChI=1S/C9H15NO2/c1-2-3-5-8(9(11)12)6-4-7-10/h8H,4-7,10H2,1H3,(H,11,12). The van der Waals surface area contributed by atoms with Crippen LogP contribution in [0.2, 0.25) is 0 Å². The van der Waals surface area contributed by atoms with Crippen molar-refractivity contribution >= 4 is 5.97 Å². The Bertz CT molecular complexity index is 190. The molecule has 0 aliphatic carbocycles. The fourth-order valence-electron chi connectivity index (χ4n) is 0.902. The highest BCUT2D eigenvalue weighted by atomic mass is 16.4. The van der Waals surface area contributed by atoms with Crippen LogP contribution in [-0.2, 0) is 4.79 Å². The molecule has 0 aromatic heterocycles. The van der Waals surface area contributed by atoms with Crippen molar-refractivity contribution < 1.29 is 9.90 Å². The van der Waals surface area contributed by atoms with Gasteiger partial charge < -0.3 is 10.8 Å². The Hall–Kier alpha value is -1.01. The molecule has 0 radical (unpaired) electrons. The van der Waals surface area contributed by atoms with E-state index in [1.165, 1.54) is 0 Å². The van der Waals surface area contributed by atoms with E-state index in [4.69, 9.17) is 10.8 Å². The van der Waals surface area contributed by atoms with E-state index in [9.17, 15) is 4.79 Å². The van der Waals surface area contributed by atoms with Gasteiger partial charge in [0, 0.05) is 6.42 Å². The van der Waals surface area contributed by atoms with Crippen LogP contribution in [0, 0.1) is 17.8 Å². The molecule has 12 heavy (non-hydrogen) atoms. The molecule has 1 atom stereocenters. The summed E-state index contributed by atoms with van der Waals surface area (Å²) in [4.78, 5) is 10.6. The third-order valence-electron chi connectivity index (χ3n) is 1.63. The van der Waals surface area contributed by atoms with Crippen LogP contribution in [0.25, 0.3) is 0 Å². The summed E-state index contributed by atoms with van der Waals surface area (Å²) < 4.78 is 0. The summed E-state index contributed by atoms with van der Waals surface area (Å²) in [5.74, 6) is 4.33. The molecule has 0 aliphatic heterocycles. The third kappa shape index (κ3) is 4.75. The van der Waals surface area contributed by atoms with E-state index >= 15 is 0 Å². The largest absolute Gasteiger partial charge is 0.481 e. The molecule has 3 nitrogen and oxygen atoms in total. The minimum absolute atomic E-state index is 0.346. The zero-order chi connectivity index (χ0) is 9.40. The van der Waals surface area contributed by atoms with E-state index in [0.29, 0.717) is 19.4 Å². The highest BCUT2D eigenvalue weighted by molar-refractivity contribution is 5.70. The minimum atomic E-state index is -0.772. The summed E-state index contributed by atoms with van der Waals surface area (Å²) in [6.45, 7) is 2.26. The van der Waals surface area contributed by atoms with E-state index < -0.39 is 5.97 Å². The van der Waals surface area contributed by atoms with Crippen LogP contribution in [0.4, 0.5) is 0 Å². The number of nitrogens with two attached hydrogens (primary N) is 1. The summed E-state index contributed by atoms with van der Waals surface area (Å²) in [5, 5.41) is 8.72. The molecule has 0 heterocycles. The number of hydrogen-bond acceptors (Lipinski definition) is 2. The van der Waals surface area contributed by atoms with Crippen molar-refractivity contribution in [3.63, 3.8) is 0 Å². The lowest BCUT2D eigenvalue weighted by Crippen LogP contribution is -2.14.